The molecule has 1 fully saturated rings. The molecule has 1 aromatic heterocycles. The van der Waals surface area contributed by atoms with Crippen LogP contribution >= 0.6 is 0 Å². The maximum Gasteiger partial charge on any atom is 0.163 e. The van der Waals surface area contributed by atoms with E-state index in [1.165, 1.54) is 38.5 Å². The summed E-state index contributed by atoms with van der Waals surface area (Å²) in [6.45, 7) is 0. The Bertz CT molecular complexity index is 592. The van der Waals surface area contributed by atoms with Crippen molar-refractivity contribution >= 4 is 16.6 Å². The van der Waals surface area contributed by atoms with E-state index in [4.69, 9.17) is 0 Å². The zero-order chi connectivity index (χ0) is 13.8. The summed E-state index contributed by atoms with van der Waals surface area (Å²) in [7, 11) is 0. The summed E-state index contributed by atoms with van der Waals surface area (Å²) in [6.07, 6.45) is 12.0. The highest BCUT2D eigenvalue weighted by Crippen LogP contribution is 2.28. The Morgan fingerprint density at radius 2 is 1.90 bits per heavy atom. The Balaban J connectivity index is 1.81. The van der Waals surface area contributed by atoms with Crippen LogP contribution in [0, 0.1) is 5.92 Å². The normalized spacial score (nSPS) is 17.0. The summed E-state index contributed by atoms with van der Waals surface area (Å²) in [5, 5.41) is 2.10. The quantitative estimate of drug-likeness (QED) is 0.592. The molecule has 0 atom stereocenters. The third kappa shape index (κ3) is 2.90. The van der Waals surface area contributed by atoms with E-state index in [9.17, 15) is 4.79 Å². The number of benzene rings is 1. The van der Waals surface area contributed by atoms with E-state index >= 15 is 0 Å². The summed E-state index contributed by atoms with van der Waals surface area (Å²) in [5.74, 6) is 0.885. The number of nitrogens with zero attached hydrogens (tertiary/aromatic N) is 1. The maximum absolute atomic E-state index is 12.6. The topological polar surface area (TPSA) is 30.0 Å². The van der Waals surface area contributed by atoms with Crippen molar-refractivity contribution in [1.82, 2.24) is 4.98 Å². The SMILES string of the molecule is O=C(CC1CCCCCC1)c1cccc2cnccc12. The van der Waals surface area contributed by atoms with Crippen LogP contribution in [0.4, 0.5) is 0 Å². The molecule has 2 aromatic rings. The van der Waals surface area contributed by atoms with Gasteiger partial charge in [-0.1, -0.05) is 56.7 Å². The van der Waals surface area contributed by atoms with Crippen LogP contribution in [-0.2, 0) is 0 Å². The van der Waals surface area contributed by atoms with Crippen molar-refractivity contribution < 1.29 is 4.79 Å². The molecule has 0 saturated heterocycles. The minimum absolute atomic E-state index is 0.300. The number of hydrogen-bond acceptors (Lipinski definition) is 2. The molecule has 1 saturated carbocycles. The molecule has 1 aromatic carbocycles. The van der Waals surface area contributed by atoms with Gasteiger partial charge >= 0.3 is 0 Å². The highest BCUT2D eigenvalue weighted by Gasteiger charge is 2.18. The van der Waals surface area contributed by atoms with Gasteiger partial charge in [-0.25, -0.2) is 0 Å². The van der Waals surface area contributed by atoms with Crippen LogP contribution in [0.3, 0.4) is 0 Å². The van der Waals surface area contributed by atoms with Crippen LogP contribution in [0.2, 0.25) is 0 Å². The van der Waals surface area contributed by atoms with Crippen molar-refractivity contribution in [1.29, 1.82) is 0 Å². The van der Waals surface area contributed by atoms with Crippen molar-refractivity contribution in [3.05, 3.63) is 42.2 Å². The Morgan fingerprint density at radius 1 is 1.10 bits per heavy atom. The van der Waals surface area contributed by atoms with Gasteiger partial charge in [0.05, 0.1) is 0 Å². The zero-order valence-corrected chi connectivity index (χ0v) is 11.8. The molecular formula is C18H21NO. The van der Waals surface area contributed by atoms with Gasteiger partial charge in [0.25, 0.3) is 0 Å². The van der Waals surface area contributed by atoms with Gasteiger partial charge in [0.1, 0.15) is 0 Å². The van der Waals surface area contributed by atoms with Gasteiger partial charge < -0.3 is 0 Å². The first-order chi connectivity index (χ1) is 9.84. The molecule has 0 amide bonds. The first-order valence-corrected chi connectivity index (χ1v) is 7.70. The van der Waals surface area contributed by atoms with E-state index in [1.807, 2.05) is 30.5 Å². The number of aromatic nitrogens is 1. The molecule has 0 aliphatic heterocycles. The highest BCUT2D eigenvalue weighted by molar-refractivity contribution is 6.07. The lowest BCUT2D eigenvalue weighted by molar-refractivity contribution is 0.0958. The fourth-order valence-corrected chi connectivity index (χ4v) is 3.31. The minimum atomic E-state index is 0.300. The number of carbonyl (C=O) groups excluding carboxylic acids is 1. The van der Waals surface area contributed by atoms with Gasteiger partial charge in [0.2, 0.25) is 0 Å². The molecule has 1 heterocycles. The van der Waals surface area contributed by atoms with Crippen molar-refractivity contribution in [3.63, 3.8) is 0 Å². The lowest BCUT2D eigenvalue weighted by Crippen LogP contribution is -2.09. The Labute approximate surface area is 120 Å². The lowest BCUT2D eigenvalue weighted by Gasteiger charge is -2.13. The van der Waals surface area contributed by atoms with E-state index < -0.39 is 0 Å². The van der Waals surface area contributed by atoms with Gasteiger partial charge in [-0.05, 0) is 17.4 Å². The van der Waals surface area contributed by atoms with Crippen LogP contribution in [-0.4, -0.2) is 10.8 Å². The number of fused-ring (bicyclic) bond motifs is 1. The highest BCUT2D eigenvalue weighted by atomic mass is 16.1. The summed E-state index contributed by atoms with van der Waals surface area (Å²) < 4.78 is 0. The summed E-state index contributed by atoms with van der Waals surface area (Å²) in [4.78, 5) is 16.7. The number of rotatable bonds is 3. The molecule has 0 N–H and O–H groups in total. The average Bonchev–Trinajstić information content (AvgIpc) is 2.75. The second kappa shape index (κ2) is 6.17. The van der Waals surface area contributed by atoms with Crippen LogP contribution < -0.4 is 0 Å². The van der Waals surface area contributed by atoms with Gasteiger partial charge in [-0.3, -0.25) is 9.78 Å². The molecule has 2 nitrogen and oxygen atoms in total. The Kier molecular flexibility index (Phi) is 4.10. The van der Waals surface area contributed by atoms with Crippen molar-refractivity contribution in [3.8, 4) is 0 Å². The molecule has 0 bridgehead atoms. The first kappa shape index (κ1) is 13.3. The number of Topliss-reactive ketones (excluding diaryl/α,β-unsaturated/α-hetero) is 1. The fraction of sp³-hybridized carbons (Fsp3) is 0.444. The van der Waals surface area contributed by atoms with E-state index in [2.05, 4.69) is 4.98 Å². The number of hydrogen-bond donors (Lipinski definition) is 0. The second-order valence-corrected chi connectivity index (χ2v) is 5.89. The number of carbonyl (C=O) groups is 1. The molecule has 0 unspecified atom stereocenters. The van der Waals surface area contributed by atoms with E-state index in [-0.39, 0.29) is 0 Å². The smallest absolute Gasteiger partial charge is 0.163 e. The van der Waals surface area contributed by atoms with Gasteiger partial charge in [-0.15, -0.1) is 0 Å². The molecule has 1 aliphatic carbocycles. The molecule has 1 aliphatic rings. The summed E-state index contributed by atoms with van der Waals surface area (Å²) in [6, 6.07) is 7.89. The first-order valence-electron chi connectivity index (χ1n) is 7.70. The molecular weight excluding hydrogens is 246 g/mol. The molecule has 2 heteroatoms. The van der Waals surface area contributed by atoms with Crippen LogP contribution in [0.25, 0.3) is 10.8 Å². The predicted octanol–water partition coefficient (Wildman–Crippen LogP) is 4.78. The van der Waals surface area contributed by atoms with Crippen molar-refractivity contribution in [2.75, 3.05) is 0 Å². The zero-order valence-electron chi connectivity index (χ0n) is 11.8. The third-order valence-corrected chi connectivity index (χ3v) is 4.43. The van der Waals surface area contributed by atoms with Gasteiger partial charge in [0.15, 0.2) is 5.78 Å². The van der Waals surface area contributed by atoms with Crippen LogP contribution in [0.15, 0.2) is 36.7 Å². The van der Waals surface area contributed by atoms with E-state index in [0.717, 1.165) is 16.3 Å². The molecule has 104 valence electrons. The fourth-order valence-electron chi connectivity index (χ4n) is 3.31. The standard InChI is InChI=1S/C18H21NO/c20-18(12-14-6-3-1-2-4-7-14)17-9-5-8-15-13-19-11-10-16(15)17/h5,8-11,13-14H,1-4,6-7,12H2. The molecule has 0 radical (unpaired) electrons. The van der Waals surface area contributed by atoms with Gasteiger partial charge in [0, 0.05) is 29.8 Å². The monoisotopic (exact) mass is 267 g/mol. The number of pyridine rings is 1. The van der Waals surface area contributed by atoms with E-state index in [1.54, 1.807) is 6.20 Å². The predicted molar refractivity (Wildman–Crippen MR) is 81.9 cm³/mol. The Morgan fingerprint density at radius 3 is 2.70 bits per heavy atom. The maximum atomic E-state index is 12.6. The van der Waals surface area contributed by atoms with Crippen molar-refractivity contribution in [2.45, 2.75) is 44.9 Å². The number of ketones is 1. The average molecular weight is 267 g/mol. The van der Waals surface area contributed by atoms with Gasteiger partial charge in [-0.2, -0.15) is 0 Å². The van der Waals surface area contributed by atoms with Crippen LogP contribution in [0.1, 0.15) is 55.3 Å². The van der Waals surface area contributed by atoms with Crippen molar-refractivity contribution in [2.24, 2.45) is 5.92 Å². The summed E-state index contributed by atoms with van der Waals surface area (Å²) >= 11 is 0. The molecule has 20 heavy (non-hydrogen) atoms. The summed E-state index contributed by atoms with van der Waals surface area (Å²) in [5.41, 5.74) is 0.870. The molecule has 3 rings (SSSR count). The van der Waals surface area contributed by atoms with E-state index in [0.29, 0.717) is 18.1 Å². The Hall–Kier alpha value is -1.70. The second-order valence-electron chi connectivity index (χ2n) is 5.89. The molecule has 0 spiro atoms. The lowest BCUT2D eigenvalue weighted by atomic mass is 9.90. The van der Waals surface area contributed by atoms with Crippen LogP contribution in [0.5, 0.6) is 0 Å². The largest absolute Gasteiger partial charge is 0.294 e. The third-order valence-electron chi connectivity index (χ3n) is 4.43. The minimum Gasteiger partial charge on any atom is -0.294 e.